The van der Waals surface area contributed by atoms with Gasteiger partial charge in [0.2, 0.25) is 0 Å². The van der Waals surface area contributed by atoms with Crippen LogP contribution in [0.2, 0.25) is 0 Å². The van der Waals surface area contributed by atoms with Gasteiger partial charge in [0.05, 0.1) is 32.1 Å². The molecule has 1 aliphatic carbocycles. The number of hydrogen-bond acceptors (Lipinski definition) is 5. The van der Waals surface area contributed by atoms with Crippen molar-refractivity contribution in [2.24, 2.45) is 0 Å². The summed E-state index contributed by atoms with van der Waals surface area (Å²) in [5.74, 6) is 0.924. The van der Waals surface area contributed by atoms with Crippen LogP contribution >= 0.6 is 0 Å². The molecule has 1 fully saturated rings. The zero-order valence-corrected chi connectivity index (χ0v) is 15.8. The fourth-order valence-corrected chi connectivity index (χ4v) is 4.12. The Morgan fingerprint density at radius 3 is 2.89 bits per heavy atom. The number of hydrogen-bond donors (Lipinski definition) is 1. The minimum Gasteiger partial charge on any atom is -0.496 e. The van der Waals surface area contributed by atoms with E-state index in [0.29, 0.717) is 19.3 Å². The SMILES string of the molecule is COc1ccccc1CNC1CCC(n2nc3c(cc2=O)COCC3)CC1. The Balaban J connectivity index is 1.36. The van der Waals surface area contributed by atoms with Crippen LogP contribution in [0.1, 0.15) is 48.5 Å². The van der Waals surface area contributed by atoms with Crippen molar-refractivity contribution >= 4 is 0 Å². The molecule has 2 aromatic rings. The van der Waals surface area contributed by atoms with Gasteiger partial charge in [-0.2, -0.15) is 5.10 Å². The first-order chi connectivity index (χ1) is 13.2. The Labute approximate surface area is 159 Å². The standard InChI is InChI=1S/C21H27N3O3/c1-26-20-5-3-2-4-15(20)13-22-17-6-8-18(9-7-17)24-21(25)12-16-14-27-11-10-19(16)23-24/h2-5,12,17-18,22H,6-11,13-14H2,1H3. The number of fused-ring (bicyclic) bond motifs is 1. The Bertz CT molecular complexity index is 841. The van der Waals surface area contributed by atoms with E-state index in [1.165, 1.54) is 5.56 Å². The number of benzene rings is 1. The summed E-state index contributed by atoms with van der Waals surface area (Å²) in [6.07, 6.45) is 4.85. The average molecular weight is 369 g/mol. The molecule has 0 unspecified atom stereocenters. The van der Waals surface area contributed by atoms with Crippen LogP contribution in [0.4, 0.5) is 0 Å². The van der Waals surface area contributed by atoms with Crippen molar-refractivity contribution in [3.8, 4) is 5.75 Å². The summed E-state index contributed by atoms with van der Waals surface area (Å²) in [4.78, 5) is 12.5. The fraction of sp³-hybridized carbons (Fsp3) is 0.524. The van der Waals surface area contributed by atoms with Gasteiger partial charge in [-0.1, -0.05) is 18.2 Å². The Morgan fingerprint density at radius 1 is 1.26 bits per heavy atom. The number of nitrogens with zero attached hydrogens (tertiary/aromatic N) is 2. The largest absolute Gasteiger partial charge is 0.496 e. The molecule has 1 N–H and O–H groups in total. The second-order valence-corrected chi connectivity index (χ2v) is 7.40. The lowest BCUT2D eigenvalue weighted by atomic mass is 9.91. The van der Waals surface area contributed by atoms with Crippen molar-refractivity contribution in [1.29, 1.82) is 0 Å². The van der Waals surface area contributed by atoms with Gasteiger partial charge in [-0.15, -0.1) is 0 Å². The summed E-state index contributed by atoms with van der Waals surface area (Å²) in [5.41, 5.74) is 3.16. The number of ether oxygens (including phenoxy) is 2. The second kappa shape index (κ2) is 8.23. The number of nitrogens with one attached hydrogen (secondary N) is 1. The third-order valence-corrected chi connectivity index (χ3v) is 5.68. The van der Waals surface area contributed by atoms with Gasteiger partial charge in [0.25, 0.3) is 5.56 Å². The summed E-state index contributed by atoms with van der Waals surface area (Å²) in [5, 5.41) is 8.31. The van der Waals surface area contributed by atoms with Crippen LogP contribution in [-0.4, -0.2) is 29.5 Å². The average Bonchev–Trinajstić information content (AvgIpc) is 2.72. The minimum absolute atomic E-state index is 0.00433. The topological polar surface area (TPSA) is 65.4 Å². The molecular formula is C21H27N3O3. The van der Waals surface area contributed by atoms with Gasteiger partial charge >= 0.3 is 0 Å². The molecule has 1 aliphatic heterocycles. The lowest BCUT2D eigenvalue weighted by molar-refractivity contribution is 0.107. The van der Waals surface area contributed by atoms with E-state index in [9.17, 15) is 4.79 Å². The molecule has 27 heavy (non-hydrogen) atoms. The Kier molecular flexibility index (Phi) is 5.55. The molecule has 6 nitrogen and oxygen atoms in total. The van der Waals surface area contributed by atoms with Gasteiger partial charge in [0.1, 0.15) is 5.75 Å². The van der Waals surface area contributed by atoms with E-state index in [-0.39, 0.29) is 11.6 Å². The highest BCUT2D eigenvalue weighted by Gasteiger charge is 2.25. The maximum Gasteiger partial charge on any atom is 0.267 e. The third kappa shape index (κ3) is 4.06. The van der Waals surface area contributed by atoms with Crippen molar-refractivity contribution in [2.45, 2.75) is 57.3 Å². The van der Waals surface area contributed by atoms with Crippen LogP contribution in [0, 0.1) is 0 Å². The van der Waals surface area contributed by atoms with E-state index in [4.69, 9.17) is 9.47 Å². The van der Waals surface area contributed by atoms with E-state index in [0.717, 1.165) is 55.7 Å². The molecule has 1 saturated carbocycles. The van der Waals surface area contributed by atoms with Crippen molar-refractivity contribution in [3.63, 3.8) is 0 Å². The monoisotopic (exact) mass is 369 g/mol. The Hall–Kier alpha value is -2.18. The number of rotatable bonds is 5. The van der Waals surface area contributed by atoms with Crippen LogP contribution in [-0.2, 0) is 24.3 Å². The fourth-order valence-electron chi connectivity index (χ4n) is 4.12. The first kappa shape index (κ1) is 18.2. The van der Waals surface area contributed by atoms with E-state index < -0.39 is 0 Å². The molecule has 4 rings (SSSR count). The Morgan fingerprint density at radius 2 is 2.07 bits per heavy atom. The summed E-state index contributed by atoms with van der Waals surface area (Å²) in [7, 11) is 1.71. The van der Waals surface area contributed by atoms with Crippen molar-refractivity contribution in [3.05, 3.63) is 57.5 Å². The van der Waals surface area contributed by atoms with Crippen molar-refractivity contribution in [1.82, 2.24) is 15.1 Å². The molecule has 0 amide bonds. The van der Waals surface area contributed by atoms with Crippen LogP contribution in [0.3, 0.4) is 0 Å². The highest BCUT2D eigenvalue weighted by molar-refractivity contribution is 5.33. The summed E-state index contributed by atoms with van der Waals surface area (Å²) < 4.78 is 12.6. The van der Waals surface area contributed by atoms with Gasteiger partial charge in [0, 0.05) is 36.2 Å². The summed E-state index contributed by atoms with van der Waals surface area (Å²) in [6.45, 7) is 2.01. The predicted octanol–water partition coefficient (Wildman–Crippen LogP) is 2.60. The second-order valence-electron chi connectivity index (χ2n) is 7.40. The van der Waals surface area contributed by atoms with Crippen molar-refractivity contribution in [2.75, 3.05) is 13.7 Å². The number of aromatic nitrogens is 2. The quantitative estimate of drug-likeness (QED) is 0.878. The van der Waals surface area contributed by atoms with E-state index in [1.807, 2.05) is 18.2 Å². The molecular weight excluding hydrogens is 342 g/mol. The lowest BCUT2D eigenvalue weighted by Crippen LogP contribution is -2.37. The van der Waals surface area contributed by atoms with Gasteiger partial charge in [-0.05, 0) is 31.7 Å². The van der Waals surface area contributed by atoms with E-state index in [1.54, 1.807) is 17.9 Å². The molecule has 0 bridgehead atoms. The normalized spacial score (nSPS) is 22.3. The zero-order chi connectivity index (χ0) is 18.6. The smallest absolute Gasteiger partial charge is 0.267 e. The van der Waals surface area contributed by atoms with Crippen LogP contribution in [0.15, 0.2) is 35.1 Å². The van der Waals surface area contributed by atoms with E-state index in [2.05, 4.69) is 16.5 Å². The van der Waals surface area contributed by atoms with Gasteiger partial charge < -0.3 is 14.8 Å². The maximum atomic E-state index is 12.5. The first-order valence-electron chi connectivity index (χ1n) is 9.79. The third-order valence-electron chi connectivity index (χ3n) is 5.68. The summed E-state index contributed by atoms with van der Waals surface area (Å²) >= 11 is 0. The van der Waals surface area contributed by atoms with Crippen LogP contribution < -0.4 is 15.6 Å². The lowest BCUT2D eigenvalue weighted by Gasteiger charge is -2.30. The van der Waals surface area contributed by atoms with Gasteiger partial charge in [-0.25, -0.2) is 4.68 Å². The maximum absolute atomic E-state index is 12.5. The first-order valence-corrected chi connectivity index (χ1v) is 9.79. The molecule has 1 aromatic heterocycles. The molecule has 2 aliphatic rings. The zero-order valence-electron chi connectivity index (χ0n) is 15.8. The molecule has 0 atom stereocenters. The highest BCUT2D eigenvalue weighted by Crippen LogP contribution is 2.28. The molecule has 6 heteroatoms. The molecule has 144 valence electrons. The van der Waals surface area contributed by atoms with Gasteiger partial charge in [-0.3, -0.25) is 4.79 Å². The van der Waals surface area contributed by atoms with E-state index >= 15 is 0 Å². The molecule has 0 radical (unpaired) electrons. The van der Waals surface area contributed by atoms with Gasteiger partial charge in [0.15, 0.2) is 0 Å². The number of para-hydroxylation sites is 1. The molecule has 0 saturated heterocycles. The highest BCUT2D eigenvalue weighted by atomic mass is 16.5. The molecule has 2 heterocycles. The van der Waals surface area contributed by atoms with Crippen LogP contribution in [0.5, 0.6) is 5.75 Å². The summed E-state index contributed by atoms with van der Waals surface area (Å²) in [6, 6.07) is 10.5. The molecule has 1 aromatic carbocycles. The minimum atomic E-state index is 0.00433. The predicted molar refractivity (Wildman–Crippen MR) is 103 cm³/mol. The van der Waals surface area contributed by atoms with Crippen LogP contribution in [0.25, 0.3) is 0 Å². The van der Waals surface area contributed by atoms with Crippen molar-refractivity contribution < 1.29 is 9.47 Å². The number of methoxy groups -OCH3 is 1. The molecule has 0 spiro atoms.